The van der Waals surface area contributed by atoms with Gasteiger partial charge >= 0.3 is 25.8 Å². The van der Waals surface area contributed by atoms with Crippen LogP contribution in [0.2, 0.25) is 0 Å². The van der Waals surface area contributed by atoms with Gasteiger partial charge in [0, 0.05) is 0 Å². The zero-order valence-corrected chi connectivity index (χ0v) is 27.7. The number of hydrogen-bond acceptors (Lipinski definition) is 0. The van der Waals surface area contributed by atoms with Gasteiger partial charge in [0.1, 0.15) is 0 Å². The summed E-state index contributed by atoms with van der Waals surface area (Å²) in [4.78, 5) is 0. The molecular weight excluding hydrogens is 653 g/mol. The van der Waals surface area contributed by atoms with Crippen LogP contribution in [0.1, 0.15) is 95.1 Å². The first-order chi connectivity index (χ1) is 15.8. The summed E-state index contributed by atoms with van der Waals surface area (Å²) in [5, 5.41) is 4.67. The molecule has 0 atom stereocenters. The van der Waals surface area contributed by atoms with Crippen LogP contribution in [0.5, 0.6) is 0 Å². The molecule has 3 aromatic carbocycles. The molecule has 5 rings (SSSR count). The van der Waals surface area contributed by atoms with Gasteiger partial charge in [0.05, 0.1) is 0 Å². The zero-order valence-electron chi connectivity index (χ0n) is 21.7. The molecule has 2 aliphatic rings. The van der Waals surface area contributed by atoms with Crippen molar-refractivity contribution >= 4 is 24.0 Å². The van der Waals surface area contributed by atoms with Gasteiger partial charge in [0.25, 0.3) is 0 Å². The number of hydrogen-bond donors (Lipinski definition) is 0. The van der Waals surface area contributed by atoms with Gasteiger partial charge in [-0.15, -0.1) is 40.3 Å². The second kappa shape index (κ2) is 17.5. The van der Waals surface area contributed by atoms with Crippen molar-refractivity contribution in [2.45, 2.75) is 109 Å². The largest absolute Gasteiger partial charge is 4.00 e. The van der Waals surface area contributed by atoms with E-state index in [1.807, 2.05) is 0 Å². The Morgan fingerprint density at radius 1 is 0.857 bits per heavy atom. The standard InChI is InChI=1S/C21H28P.C10H15.2ClH.Hf/c1-3-11-19(12-4-1)22(20-13-5-2-6-14-20)21-15-17-9-7-8-10-18(17)16-21;1-3-4-7-10-8-5-6-9(10)2;;;/h7-10,15-16,19-20H,1-6,11-14H2;5-6,8H,3-4,7H2,1-2H3;2*1H;/q2*-1;;;+4/p-2. The van der Waals surface area contributed by atoms with Crippen LogP contribution in [0.3, 0.4) is 0 Å². The van der Waals surface area contributed by atoms with Gasteiger partial charge in [-0.3, -0.25) is 0 Å². The molecule has 0 amide bonds. The third kappa shape index (κ3) is 9.39. The fourth-order valence-electron chi connectivity index (χ4n) is 5.92. The first-order valence-electron chi connectivity index (χ1n) is 13.4. The zero-order chi connectivity index (χ0) is 22.2. The van der Waals surface area contributed by atoms with Gasteiger partial charge in [0.15, 0.2) is 0 Å². The first-order valence-corrected chi connectivity index (χ1v) is 14.9. The Hall–Kier alpha value is 0.0601. The molecule has 0 spiro atoms. The van der Waals surface area contributed by atoms with Gasteiger partial charge < -0.3 is 24.8 Å². The molecule has 2 fully saturated rings. The van der Waals surface area contributed by atoms with Gasteiger partial charge in [-0.2, -0.15) is 23.3 Å². The maximum atomic E-state index is 2.55. The Kier molecular flexibility index (Phi) is 16.6. The molecule has 4 heteroatoms. The summed E-state index contributed by atoms with van der Waals surface area (Å²) in [6.07, 6.45) is 18.8. The number of unbranched alkanes of at least 4 members (excludes halogenated alkanes) is 1. The summed E-state index contributed by atoms with van der Waals surface area (Å²) < 4.78 is 0. The minimum absolute atomic E-state index is 0. The van der Waals surface area contributed by atoms with E-state index in [0.29, 0.717) is 0 Å². The Labute approximate surface area is 247 Å². The molecule has 0 unspecified atom stereocenters. The van der Waals surface area contributed by atoms with Crippen LogP contribution < -0.4 is 30.1 Å². The molecule has 3 aromatic rings. The van der Waals surface area contributed by atoms with Crippen LogP contribution in [0, 0.1) is 6.92 Å². The number of fused-ring (bicyclic) bond motifs is 1. The van der Waals surface area contributed by atoms with Crippen LogP contribution in [-0.2, 0) is 32.3 Å². The third-order valence-corrected chi connectivity index (χ3v) is 11.2. The maximum absolute atomic E-state index is 2.55. The van der Waals surface area contributed by atoms with Crippen LogP contribution in [-0.4, -0.2) is 11.3 Å². The van der Waals surface area contributed by atoms with Crippen molar-refractivity contribution < 1.29 is 50.7 Å². The molecule has 0 radical (unpaired) electrons. The summed E-state index contributed by atoms with van der Waals surface area (Å²) in [5.74, 6) is 0. The molecule has 0 N–H and O–H groups in total. The smallest absolute Gasteiger partial charge is 1.00 e. The van der Waals surface area contributed by atoms with Crippen molar-refractivity contribution in [1.82, 2.24) is 0 Å². The number of aryl methyl sites for hydroxylation is 2. The van der Waals surface area contributed by atoms with Gasteiger partial charge in [-0.1, -0.05) is 85.6 Å². The Morgan fingerprint density at radius 2 is 1.46 bits per heavy atom. The molecule has 2 aliphatic carbocycles. The average Bonchev–Trinajstić information content (AvgIpc) is 3.45. The van der Waals surface area contributed by atoms with Crippen molar-refractivity contribution in [3.8, 4) is 0 Å². The summed E-state index contributed by atoms with van der Waals surface area (Å²) in [7, 11) is 0.0611. The van der Waals surface area contributed by atoms with E-state index >= 15 is 0 Å². The summed E-state index contributed by atoms with van der Waals surface area (Å²) in [5.41, 5.74) is 5.02. The van der Waals surface area contributed by atoms with Crippen molar-refractivity contribution in [3.05, 3.63) is 65.7 Å². The molecule has 0 nitrogen and oxygen atoms in total. The van der Waals surface area contributed by atoms with Crippen molar-refractivity contribution in [1.29, 1.82) is 0 Å². The maximum Gasteiger partial charge on any atom is 4.00 e. The molecular formula is C31H43Cl2HfP. The molecule has 190 valence electrons. The van der Waals surface area contributed by atoms with Gasteiger partial charge in [-0.05, 0) is 37.0 Å². The quantitative estimate of drug-likeness (QED) is 0.211. The Bertz CT molecular complexity index is 883. The monoisotopic (exact) mass is 696 g/mol. The minimum atomic E-state index is 0. The van der Waals surface area contributed by atoms with Crippen LogP contribution >= 0.6 is 7.92 Å². The SMILES string of the molecule is CCCC[c-]1cccc1C.[Cl-].[Cl-].[Hf+4].c1ccc2[cH-]c(P(C3CCCCC3)C3CCCCC3)cc2c1. The number of rotatable bonds is 6. The fourth-order valence-corrected chi connectivity index (χ4v) is 9.78. The van der Waals surface area contributed by atoms with Crippen LogP contribution in [0.4, 0.5) is 0 Å². The second-order valence-electron chi connectivity index (χ2n) is 10.2. The van der Waals surface area contributed by atoms with E-state index in [1.54, 1.807) is 5.30 Å². The third-order valence-electron chi connectivity index (χ3n) is 7.79. The first kappa shape index (κ1) is 33.1. The molecule has 35 heavy (non-hydrogen) atoms. The van der Waals surface area contributed by atoms with E-state index in [-0.39, 0.29) is 58.6 Å². The number of benzene rings is 1. The van der Waals surface area contributed by atoms with Crippen molar-refractivity contribution in [2.75, 3.05) is 0 Å². The Morgan fingerprint density at radius 3 is 1.97 bits per heavy atom. The molecule has 0 aliphatic heterocycles. The summed E-state index contributed by atoms with van der Waals surface area (Å²) >= 11 is 0. The van der Waals surface area contributed by atoms with E-state index in [2.05, 4.69) is 68.4 Å². The van der Waals surface area contributed by atoms with E-state index in [9.17, 15) is 0 Å². The fraction of sp³-hybridized carbons (Fsp3) is 0.548. The van der Waals surface area contributed by atoms with Crippen LogP contribution in [0.15, 0.2) is 54.6 Å². The van der Waals surface area contributed by atoms with Crippen molar-refractivity contribution in [3.63, 3.8) is 0 Å². The normalized spacial score (nSPS) is 16.5. The van der Waals surface area contributed by atoms with E-state index in [1.165, 1.54) is 105 Å². The molecule has 0 bridgehead atoms. The van der Waals surface area contributed by atoms with Crippen molar-refractivity contribution in [2.24, 2.45) is 0 Å². The molecule has 0 aromatic heterocycles. The summed E-state index contributed by atoms with van der Waals surface area (Å²) in [6.45, 7) is 4.42. The molecule has 2 saturated carbocycles. The van der Waals surface area contributed by atoms with Gasteiger partial charge in [0.2, 0.25) is 0 Å². The second-order valence-corrected chi connectivity index (χ2v) is 13.0. The number of halogens is 2. The van der Waals surface area contributed by atoms with E-state index in [0.717, 1.165) is 11.3 Å². The summed E-state index contributed by atoms with van der Waals surface area (Å²) in [6, 6.07) is 20.6. The minimum Gasteiger partial charge on any atom is -1.00 e. The van der Waals surface area contributed by atoms with Crippen LogP contribution in [0.25, 0.3) is 10.8 Å². The molecule has 0 saturated heterocycles. The van der Waals surface area contributed by atoms with E-state index in [4.69, 9.17) is 0 Å². The average molecular weight is 696 g/mol. The molecule has 0 heterocycles. The Balaban J connectivity index is 0.000000407. The predicted molar refractivity (Wildman–Crippen MR) is 145 cm³/mol. The topological polar surface area (TPSA) is 0 Å². The van der Waals surface area contributed by atoms with Gasteiger partial charge in [-0.25, -0.2) is 12.1 Å². The predicted octanol–water partition coefficient (Wildman–Crippen LogP) is 3.39. The van der Waals surface area contributed by atoms with E-state index < -0.39 is 0 Å².